The van der Waals surface area contributed by atoms with Crippen LogP contribution < -0.4 is 10.0 Å². The first-order chi connectivity index (χ1) is 12.2. The lowest BCUT2D eigenvalue weighted by atomic mass is 9.98. The third-order valence-electron chi connectivity index (χ3n) is 4.49. The van der Waals surface area contributed by atoms with Crippen molar-refractivity contribution in [3.05, 3.63) is 22.4 Å². The number of rotatable bonds is 7. The second kappa shape index (κ2) is 8.96. The molecule has 146 valence electrons. The predicted molar refractivity (Wildman–Crippen MR) is 103 cm³/mol. The number of nitrogens with zero attached hydrogens (tertiary/aromatic N) is 1. The van der Waals surface area contributed by atoms with Gasteiger partial charge in [0.15, 0.2) is 0 Å². The van der Waals surface area contributed by atoms with Crippen LogP contribution in [0.3, 0.4) is 0 Å². The number of likely N-dealkylation sites (tertiary alicyclic amines) is 1. The number of hydrogen-bond acceptors (Lipinski definition) is 5. The van der Waals surface area contributed by atoms with Gasteiger partial charge in [-0.15, -0.1) is 11.3 Å². The third kappa shape index (κ3) is 5.52. The number of thiophene rings is 1. The molecular formula is C17H27N3O4S2. The molecule has 0 aliphatic carbocycles. The molecule has 1 aromatic heterocycles. The summed E-state index contributed by atoms with van der Waals surface area (Å²) >= 11 is 1.33. The number of nitrogens with one attached hydrogen (secondary N) is 2. The first-order valence-electron chi connectivity index (χ1n) is 8.82. The van der Waals surface area contributed by atoms with Gasteiger partial charge >= 0.3 is 0 Å². The molecule has 2 atom stereocenters. The Labute approximate surface area is 159 Å². The average molecular weight is 402 g/mol. The van der Waals surface area contributed by atoms with Crippen LogP contribution in [0.15, 0.2) is 17.5 Å². The van der Waals surface area contributed by atoms with Gasteiger partial charge in [-0.25, -0.2) is 13.1 Å². The standard InChI is InChI=1S/C17H27N3O4S2/c1-12(2)26(23,24)18-10-14-6-4-8-20(11-14)17(22)13(3)19-16(21)15-7-5-9-25-15/h5,7,9,12-14,18H,4,6,8,10-11H2,1-3H3,(H,19,21)/t13-,14+/m0/s1. The molecule has 0 aromatic carbocycles. The fourth-order valence-corrected chi connectivity index (χ4v) is 4.27. The fourth-order valence-electron chi connectivity index (χ4n) is 2.84. The van der Waals surface area contributed by atoms with Crippen LogP contribution in [0, 0.1) is 5.92 Å². The van der Waals surface area contributed by atoms with Gasteiger partial charge in [0.05, 0.1) is 10.1 Å². The minimum Gasteiger partial charge on any atom is -0.341 e. The smallest absolute Gasteiger partial charge is 0.261 e. The van der Waals surface area contributed by atoms with E-state index in [1.165, 1.54) is 11.3 Å². The molecule has 2 N–H and O–H groups in total. The summed E-state index contributed by atoms with van der Waals surface area (Å²) in [6.45, 7) is 6.41. The van der Waals surface area contributed by atoms with Gasteiger partial charge in [0.1, 0.15) is 6.04 Å². The van der Waals surface area contributed by atoms with Gasteiger partial charge in [0.25, 0.3) is 5.91 Å². The molecular weight excluding hydrogens is 374 g/mol. The summed E-state index contributed by atoms with van der Waals surface area (Å²) in [5, 5.41) is 4.07. The van der Waals surface area contributed by atoms with E-state index in [1.807, 2.05) is 5.38 Å². The predicted octanol–water partition coefficient (Wildman–Crippen LogP) is 1.43. The van der Waals surface area contributed by atoms with E-state index >= 15 is 0 Å². The molecule has 1 saturated heterocycles. The van der Waals surface area contributed by atoms with E-state index in [4.69, 9.17) is 0 Å². The number of carbonyl (C=O) groups excluding carboxylic acids is 2. The Morgan fingerprint density at radius 1 is 1.35 bits per heavy atom. The molecule has 1 aliphatic rings. The van der Waals surface area contributed by atoms with Gasteiger partial charge in [-0.1, -0.05) is 6.07 Å². The molecule has 9 heteroatoms. The highest BCUT2D eigenvalue weighted by atomic mass is 32.2. The highest BCUT2D eigenvalue weighted by molar-refractivity contribution is 7.90. The molecule has 0 bridgehead atoms. The summed E-state index contributed by atoms with van der Waals surface area (Å²) in [5.41, 5.74) is 0. The SMILES string of the molecule is CC(C)S(=O)(=O)NC[C@H]1CCCN(C(=O)[C@H](C)NC(=O)c2cccs2)C1. The number of sulfonamides is 1. The normalized spacial score (nSPS) is 19.4. The highest BCUT2D eigenvalue weighted by Gasteiger charge is 2.28. The molecule has 1 fully saturated rings. The van der Waals surface area contributed by atoms with E-state index in [-0.39, 0.29) is 17.7 Å². The Hall–Kier alpha value is -1.45. The van der Waals surface area contributed by atoms with Gasteiger partial charge in [0.2, 0.25) is 15.9 Å². The summed E-state index contributed by atoms with van der Waals surface area (Å²) in [7, 11) is -3.30. The molecule has 7 nitrogen and oxygen atoms in total. The Morgan fingerprint density at radius 2 is 2.08 bits per heavy atom. The van der Waals surface area contributed by atoms with E-state index in [2.05, 4.69) is 10.0 Å². The van der Waals surface area contributed by atoms with Crippen molar-refractivity contribution >= 4 is 33.2 Å². The summed E-state index contributed by atoms with van der Waals surface area (Å²) in [6.07, 6.45) is 1.70. The summed E-state index contributed by atoms with van der Waals surface area (Å²) in [6, 6.07) is 2.89. The minimum atomic E-state index is -3.30. The Bertz CT molecular complexity index is 716. The van der Waals surface area contributed by atoms with Gasteiger partial charge < -0.3 is 10.2 Å². The van der Waals surface area contributed by atoms with Crippen molar-refractivity contribution in [2.45, 2.75) is 44.9 Å². The van der Waals surface area contributed by atoms with Crippen molar-refractivity contribution < 1.29 is 18.0 Å². The fraction of sp³-hybridized carbons (Fsp3) is 0.647. The number of hydrogen-bond donors (Lipinski definition) is 2. The first kappa shape index (κ1) is 20.9. The van der Waals surface area contributed by atoms with Crippen molar-refractivity contribution in [2.24, 2.45) is 5.92 Å². The maximum Gasteiger partial charge on any atom is 0.261 e. The van der Waals surface area contributed by atoms with Crippen LogP contribution in [0.4, 0.5) is 0 Å². The van der Waals surface area contributed by atoms with E-state index in [0.29, 0.717) is 24.5 Å². The van der Waals surface area contributed by atoms with Crippen molar-refractivity contribution in [1.82, 2.24) is 14.9 Å². The number of piperidine rings is 1. The molecule has 0 radical (unpaired) electrons. The highest BCUT2D eigenvalue weighted by Crippen LogP contribution is 2.17. The molecule has 2 amide bonds. The molecule has 2 heterocycles. The van der Waals surface area contributed by atoms with Gasteiger partial charge in [-0.3, -0.25) is 9.59 Å². The molecule has 26 heavy (non-hydrogen) atoms. The topological polar surface area (TPSA) is 95.6 Å². The van der Waals surface area contributed by atoms with Crippen LogP contribution in [0.25, 0.3) is 0 Å². The molecule has 0 saturated carbocycles. The molecule has 2 rings (SSSR count). The summed E-state index contributed by atoms with van der Waals surface area (Å²) in [5.74, 6) is -0.299. The van der Waals surface area contributed by atoms with E-state index in [9.17, 15) is 18.0 Å². The van der Waals surface area contributed by atoms with Gasteiger partial charge in [-0.05, 0) is 51.0 Å². The summed E-state index contributed by atoms with van der Waals surface area (Å²) in [4.78, 5) is 27.0. The van der Waals surface area contributed by atoms with Crippen LogP contribution in [0.1, 0.15) is 43.3 Å². The molecule has 1 aromatic rings. The first-order valence-corrected chi connectivity index (χ1v) is 11.2. The zero-order valence-electron chi connectivity index (χ0n) is 15.4. The maximum atomic E-state index is 12.6. The average Bonchev–Trinajstić information content (AvgIpc) is 3.14. The van der Waals surface area contributed by atoms with Crippen molar-refractivity contribution in [2.75, 3.05) is 19.6 Å². The quantitative estimate of drug-likeness (QED) is 0.722. The zero-order valence-corrected chi connectivity index (χ0v) is 17.0. The van der Waals surface area contributed by atoms with Crippen LogP contribution >= 0.6 is 11.3 Å². The summed E-state index contributed by atoms with van der Waals surface area (Å²) < 4.78 is 26.4. The van der Waals surface area contributed by atoms with E-state index in [0.717, 1.165) is 12.8 Å². The van der Waals surface area contributed by atoms with Gasteiger partial charge in [0, 0.05) is 19.6 Å². The van der Waals surface area contributed by atoms with Crippen LogP contribution in [0.2, 0.25) is 0 Å². The monoisotopic (exact) mass is 401 g/mol. The third-order valence-corrected chi connectivity index (χ3v) is 7.17. The Balaban J connectivity index is 1.87. The van der Waals surface area contributed by atoms with E-state index in [1.54, 1.807) is 37.8 Å². The molecule has 0 spiro atoms. The lowest BCUT2D eigenvalue weighted by Gasteiger charge is -2.34. The second-order valence-corrected chi connectivity index (χ2v) is 10.2. The van der Waals surface area contributed by atoms with Crippen LogP contribution in [0.5, 0.6) is 0 Å². The van der Waals surface area contributed by atoms with Crippen molar-refractivity contribution in [3.63, 3.8) is 0 Å². The van der Waals surface area contributed by atoms with Crippen molar-refractivity contribution in [3.8, 4) is 0 Å². The maximum absolute atomic E-state index is 12.6. The lowest BCUT2D eigenvalue weighted by molar-refractivity contribution is -0.134. The Kier molecular flexibility index (Phi) is 7.19. The largest absolute Gasteiger partial charge is 0.341 e. The molecule has 1 aliphatic heterocycles. The van der Waals surface area contributed by atoms with Crippen LogP contribution in [-0.4, -0.2) is 56.1 Å². The minimum absolute atomic E-state index is 0.0847. The molecule has 0 unspecified atom stereocenters. The Morgan fingerprint density at radius 3 is 2.69 bits per heavy atom. The van der Waals surface area contributed by atoms with Gasteiger partial charge in [-0.2, -0.15) is 0 Å². The zero-order chi connectivity index (χ0) is 19.3. The van der Waals surface area contributed by atoms with Crippen LogP contribution in [-0.2, 0) is 14.8 Å². The second-order valence-electron chi connectivity index (χ2n) is 6.91. The van der Waals surface area contributed by atoms with E-state index < -0.39 is 21.3 Å². The lowest BCUT2D eigenvalue weighted by Crippen LogP contribution is -2.51. The number of amides is 2. The van der Waals surface area contributed by atoms with Crippen molar-refractivity contribution in [1.29, 1.82) is 0 Å². The number of carbonyl (C=O) groups is 2.